The van der Waals surface area contributed by atoms with Crippen LogP contribution in [0.3, 0.4) is 0 Å². The Morgan fingerprint density at radius 1 is 1.00 bits per heavy atom. The van der Waals surface area contributed by atoms with E-state index in [-0.39, 0.29) is 5.75 Å². The zero-order chi connectivity index (χ0) is 12.3. The second-order valence-electron chi connectivity index (χ2n) is 3.87. The van der Waals surface area contributed by atoms with Gasteiger partial charge in [0.2, 0.25) is 0 Å². The second kappa shape index (κ2) is 4.97. The van der Waals surface area contributed by atoms with E-state index in [1.54, 1.807) is 24.3 Å². The summed E-state index contributed by atoms with van der Waals surface area (Å²) in [5.41, 5.74) is 3.06. The maximum absolute atomic E-state index is 9.18. The van der Waals surface area contributed by atoms with Crippen LogP contribution in [0.4, 0.5) is 5.69 Å². The molecule has 0 unspecified atom stereocenters. The van der Waals surface area contributed by atoms with Gasteiger partial charge in [0.25, 0.3) is 0 Å². The Bertz CT molecular complexity index is 517. The molecule has 0 bridgehead atoms. The minimum atomic E-state index is 0.247. The number of benzene rings is 2. The van der Waals surface area contributed by atoms with E-state index in [1.165, 1.54) is 5.56 Å². The quantitative estimate of drug-likeness (QED) is 0.625. The highest BCUT2D eigenvalue weighted by Gasteiger charge is 2.01. The minimum Gasteiger partial charge on any atom is -0.508 e. The first-order valence-electron chi connectivity index (χ1n) is 5.32. The number of aromatic hydroxyl groups is 1. The molecule has 86 valence electrons. The maximum Gasteiger partial charge on any atom is 0.115 e. The van der Waals surface area contributed by atoms with Crippen molar-refractivity contribution in [3.63, 3.8) is 0 Å². The van der Waals surface area contributed by atoms with Crippen molar-refractivity contribution in [2.75, 3.05) is 5.32 Å². The summed E-state index contributed by atoms with van der Waals surface area (Å²) < 4.78 is 0. The van der Waals surface area contributed by atoms with Gasteiger partial charge in [-0.3, -0.25) is 0 Å². The summed E-state index contributed by atoms with van der Waals surface area (Å²) in [5, 5.41) is 12.3. The van der Waals surface area contributed by atoms with Gasteiger partial charge in [0, 0.05) is 11.3 Å². The Morgan fingerprint density at radius 3 is 2.18 bits per heavy atom. The lowest BCUT2D eigenvalue weighted by Crippen LogP contribution is -2.10. The number of hydrogen-bond donors (Lipinski definition) is 2. The predicted octanol–water partition coefficient (Wildman–Crippen LogP) is 3.49. The summed E-state index contributed by atoms with van der Waals surface area (Å²) in [5.74, 6) is 0.247. The van der Waals surface area contributed by atoms with Crippen LogP contribution in [0.25, 0.3) is 0 Å². The van der Waals surface area contributed by atoms with Crippen molar-refractivity contribution in [1.82, 2.24) is 0 Å². The topological polar surface area (TPSA) is 32.3 Å². The molecule has 17 heavy (non-hydrogen) atoms. The normalized spacial score (nSPS) is 9.94. The summed E-state index contributed by atoms with van der Waals surface area (Å²) in [4.78, 5) is 0.677. The molecule has 0 saturated carbocycles. The molecular weight excluding hydrogens is 230 g/mol. The summed E-state index contributed by atoms with van der Waals surface area (Å²) in [6.07, 6.45) is 0. The average molecular weight is 243 g/mol. The molecule has 0 aromatic heterocycles. The number of phenolic OH excluding ortho intramolecular Hbond substituents is 1. The lowest BCUT2D eigenvalue weighted by Gasteiger charge is -2.08. The summed E-state index contributed by atoms with van der Waals surface area (Å²) >= 11 is 5.31. The Hall–Kier alpha value is -1.87. The van der Waals surface area contributed by atoms with Crippen LogP contribution < -0.4 is 5.32 Å². The van der Waals surface area contributed by atoms with Crippen molar-refractivity contribution in [3.8, 4) is 5.75 Å². The van der Waals surface area contributed by atoms with Gasteiger partial charge in [-0.05, 0) is 31.2 Å². The molecule has 0 radical (unpaired) electrons. The molecule has 2 N–H and O–H groups in total. The standard InChI is InChI=1S/C14H13NOS/c1-10-2-4-11(5-3-10)14(17)15-12-6-8-13(16)9-7-12/h2-9,16H,1H3,(H,15,17). The van der Waals surface area contributed by atoms with Crippen LogP contribution in [0.1, 0.15) is 11.1 Å². The molecule has 0 amide bonds. The SMILES string of the molecule is Cc1ccc(C(=S)Nc2ccc(O)cc2)cc1. The fraction of sp³-hybridized carbons (Fsp3) is 0.0714. The Labute approximate surface area is 106 Å². The third-order valence-corrected chi connectivity index (χ3v) is 2.78. The highest BCUT2D eigenvalue weighted by molar-refractivity contribution is 7.81. The lowest BCUT2D eigenvalue weighted by molar-refractivity contribution is 0.475. The summed E-state index contributed by atoms with van der Waals surface area (Å²) in [7, 11) is 0. The summed E-state index contributed by atoms with van der Waals surface area (Å²) in [6.45, 7) is 2.04. The molecule has 0 spiro atoms. The van der Waals surface area contributed by atoms with Crippen LogP contribution in [0.2, 0.25) is 0 Å². The first kappa shape index (κ1) is 11.6. The number of phenols is 1. The molecule has 3 heteroatoms. The zero-order valence-electron chi connectivity index (χ0n) is 9.47. The number of rotatable bonds is 2. The molecule has 0 atom stereocenters. The number of aryl methyl sites for hydroxylation is 1. The average Bonchev–Trinajstić information content (AvgIpc) is 2.33. The Morgan fingerprint density at radius 2 is 1.59 bits per heavy atom. The predicted molar refractivity (Wildman–Crippen MR) is 74.6 cm³/mol. The largest absolute Gasteiger partial charge is 0.508 e. The van der Waals surface area contributed by atoms with E-state index in [0.717, 1.165) is 11.3 Å². The third-order valence-electron chi connectivity index (χ3n) is 2.44. The van der Waals surface area contributed by atoms with Gasteiger partial charge in [-0.15, -0.1) is 0 Å². The van der Waals surface area contributed by atoms with Crippen LogP contribution in [-0.4, -0.2) is 10.1 Å². The molecule has 2 aromatic carbocycles. The van der Waals surface area contributed by atoms with Crippen LogP contribution in [0.5, 0.6) is 5.75 Å². The second-order valence-corrected chi connectivity index (χ2v) is 4.28. The van der Waals surface area contributed by atoms with Crippen molar-refractivity contribution in [2.24, 2.45) is 0 Å². The van der Waals surface area contributed by atoms with Gasteiger partial charge in [-0.2, -0.15) is 0 Å². The Kier molecular flexibility index (Phi) is 3.40. The molecule has 2 aromatic rings. The molecule has 0 aliphatic heterocycles. The number of nitrogens with one attached hydrogen (secondary N) is 1. The highest BCUT2D eigenvalue weighted by Crippen LogP contribution is 2.15. The van der Waals surface area contributed by atoms with Gasteiger partial charge in [0.1, 0.15) is 10.7 Å². The summed E-state index contributed by atoms with van der Waals surface area (Å²) in [6, 6.07) is 14.9. The van der Waals surface area contributed by atoms with E-state index in [1.807, 2.05) is 31.2 Å². The number of hydrogen-bond acceptors (Lipinski definition) is 2. The van der Waals surface area contributed by atoms with E-state index in [4.69, 9.17) is 12.2 Å². The molecular formula is C14H13NOS. The molecule has 0 saturated heterocycles. The smallest absolute Gasteiger partial charge is 0.115 e. The van der Waals surface area contributed by atoms with Crippen LogP contribution >= 0.6 is 12.2 Å². The fourth-order valence-electron chi connectivity index (χ4n) is 1.45. The van der Waals surface area contributed by atoms with Gasteiger partial charge in [-0.1, -0.05) is 42.0 Å². The van der Waals surface area contributed by atoms with E-state index < -0.39 is 0 Å². The Balaban J connectivity index is 2.11. The van der Waals surface area contributed by atoms with E-state index in [9.17, 15) is 5.11 Å². The van der Waals surface area contributed by atoms with Crippen LogP contribution in [-0.2, 0) is 0 Å². The lowest BCUT2D eigenvalue weighted by atomic mass is 10.1. The molecule has 2 rings (SSSR count). The van der Waals surface area contributed by atoms with E-state index in [0.29, 0.717) is 4.99 Å². The van der Waals surface area contributed by atoms with Crippen LogP contribution in [0.15, 0.2) is 48.5 Å². The molecule has 0 aliphatic carbocycles. The number of thiocarbonyl (C=S) groups is 1. The van der Waals surface area contributed by atoms with E-state index in [2.05, 4.69) is 5.32 Å². The fourth-order valence-corrected chi connectivity index (χ4v) is 1.71. The van der Waals surface area contributed by atoms with Gasteiger partial charge in [-0.25, -0.2) is 0 Å². The highest BCUT2D eigenvalue weighted by atomic mass is 32.1. The monoisotopic (exact) mass is 243 g/mol. The van der Waals surface area contributed by atoms with Crippen molar-refractivity contribution in [2.45, 2.75) is 6.92 Å². The minimum absolute atomic E-state index is 0.247. The van der Waals surface area contributed by atoms with Crippen molar-refractivity contribution in [1.29, 1.82) is 0 Å². The molecule has 2 nitrogen and oxygen atoms in total. The van der Waals surface area contributed by atoms with E-state index >= 15 is 0 Å². The van der Waals surface area contributed by atoms with Crippen LogP contribution in [0, 0.1) is 6.92 Å². The van der Waals surface area contributed by atoms with Crippen molar-refractivity contribution < 1.29 is 5.11 Å². The van der Waals surface area contributed by atoms with Gasteiger partial charge < -0.3 is 10.4 Å². The zero-order valence-corrected chi connectivity index (χ0v) is 10.3. The first-order valence-corrected chi connectivity index (χ1v) is 5.73. The van der Waals surface area contributed by atoms with Gasteiger partial charge in [0.05, 0.1) is 0 Å². The third kappa shape index (κ3) is 3.04. The first-order chi connectivity index (χ1) is 8.15. The number of anilines is 1. The van der Waals surface area contributed by atoms with Gasteiger partial charge in [0.15, 0.2) is 0 Å². The van der Waals surface area contributed by atoms with Crippen molar-refractivity contribution >= 4 is 22.9 Å². The van der Waals surface area contributed by atoms with Gasteiger partial charge >= 0.3 is 0 Å². The molecule has 0 aliphatic rings. The molecule has 0 fully saturated rings. The van der Waals surface area contributed by atoms with Crippen molar-refractivity contribution in [3.05, 3.63) is 59.7 Å². The molecule has 0 heterocycles. The maximum atomic E-state index is 9.18.